The van der Waals surface area contributed by atoms with Crippen molar-refractivity contribution in [3.8, 4) is 5.75 Å². The van der Waals surface area contributed by atoms with Crippen LogP contribution in [0.15, 0.2) is 41.0 Å². The predicted molar refractivity (Wildman–Crippen MR) is 108 cm³/mol. The van der Waals surface area contributed by atoms with Gasteiger partial charge in [0.05, 0.1) is 18.8 Å². The summed E-state index contributed by atoms with van der Waals surface area (Å²) in [6.07, 6.45) is 3.46. The fourth-order valence-corrected chi connectivity index (χ4v) is 3.69. The molecule has 28 heavy (non-hydrogen) atoms. The SMILES string of the molecule is CN(C)CCCOc1ccc2cc3occ(C4CCC(=O)NC4=O)c3cc2c1. The van der Waals surface area contributed by atoms with Crippen molar-refractivity contribution < 1.29 is 18.7 Å². The number of rotatable bonds is 6. The summed E-state index contributed by atoms with van der Waals surface area (Å²) in [5.74, 6) is 0.00565. The average Bonchev–Trinajstić information content (AvgIpc) is 3.06. The first kappa shape index (κ1) is 18.5. The lowest BCUT2D eigenvalue weighted by Crippen LogP contribution is -2.39. The van der Waals surface area contributed by atoms with E-state index in [1.165, 1.54) is 0 Å². The molecule has 0 radical (unpaired) electrons. The number of hydrogen-bond acceptors (Lipinski definition) is 5. The van der Waals surface area contributed by atoms with Gasteiger partial charge < -0.3 is 14.1 Å². The summed E-state index contributed by atoms with van der Waals surface area (Å²) in [6.45, 7) is 1.65. The maximum Gasteiger partial charge on any atom is 0.234 e. The van der Waals surface area contributed by atoms with Crippen molar-refractivity contribution in [2.45, 2.75) is 25.2 Å². The molecule has 0 saturated carbocycles. The predicted octanol–water partition coefficient (Wildman–Crippen LogP) is 3.44. The minimum atomic E-state index is -0.359. The van der Waals surface area contributed by atoms with Gasteiger partial charge in [0.1, 0.15) is 11.3 Å². The number of ether oxygens (including phenoxy) is 1. The summed E-state index contributed by atoms with van der Waals surface area (Å²) in [6, 6.07) is 10.0. The van der Waals surface area contributed by atoms with Gasteiger partial charge in [-0.25, -0.2) is 0 Å². The van der Waals surface area contributed by atoms with E-state index < -0.39 is 0 Å². The zero-order valence-electron chi connectivity index (χ0n) is 16.2. The third kappa shape index (κ3) is 3.73. The van der Waals surface area contributed by atoms with Crippen LogP contribution in [-0.4, -0.2) is 44.0 Å². The molecule has 1 aromatic heterocycles. The van der Waals surface area contributed by atoms with Crippen LogP contribution in [0.3, 0.4) is 0 Å². The molecule has 6 heteroatoms. The highest BCUT2D eigenvalue weighted by Gasteiger charge is 2.30. The highest BCUT2D eigenvalue weighted by molar-refractivity contribution is 6.04. The molecular weight excluding hydrogens is 356 g/mol. The van der Waals surface area contributed by atoms with Crippen LogP contribution in [0.5, 0.6) is 5.75 Å². The number of piperidine rings is 1. The number of nitrogens with one attached hydrogen (secondary N) is 1. The van der Waals surface area contributed by atoms with E-state index in [-0.39, 0.29) is 17.7 Å². The van der Waals surface area contributed by atoms with Crippen LogP contribution in [0.2, 0.25) is 0 Å². The first-order chi connectivity index (χ1) is 13.5. The van der Waals surface area contributed by atoms with Gasteiger partial charge in [0.2, 0.25) is 11.8 Å². The molecule has 146 valence electrons. The van der Waals surface area contributed by atoms with Gasteiger partial charge in [-0.2, -0.15) is 0 Å². The van der Waals surface area contributed by atoms with E-state index in [2.05, 4.69) is 10.2 Å². The molecule has 3 aromatic rings. The Hall–Kier alpha value is -2.86. The van der Waals surface area contributed by atoms with Crippen molar-refractivity contribution in [2.75, 3.05) is 27.2 Å². The Balaban J connectivity index is 1.61. The monoisotopic (exact) mass is 380 g/mol. The quantitative estimate of drug-likeness (QED) is 0.524. The van der Waals surface area contributed by atoms with Gasteiger partial charge in [0.15, 0.2) is 0 Å². The van der Waals surface area contributed by atoms with Gasteiger partial charge in [-0.15, -0.1) is 0 Å². The zero-order valence-corrected chi connectivity index (χ0v) is 16.2. The molecule has 2 aromatic carbocycles. The smallest absolute Gasteiger partial charge is 0.234 e. The highest BCUT2D eigenvalue weighted by atomic mass is 16.5. The molecule has 1 N–H and O–H groups in total. The van der Waals surface area contributed by atoms with Crippen LogP contribution < -0.4 is 10.1 Å². The van der Waals surface area contributed by atoms with Gasteiger partial charge in [0.25, 0.3) is 0 Å². The Morgan fingerprint density at radius 1 is 1.18 bits per heavy atom. The summed E-state index contributed by atoms with van der Waals surface area (Å²) in [7, 11) is 4.10. The Labute approximate surface area is 163 Å². The topological polar surface area (TPSA) is 71.8 Å². The molecule has 4 rings (SSSR count). The molecule has 2 heterocycles. The lowest BCUT2D eigenvalue weighted by molar-refractivity contribution is -0.134. The van der Waals surface area contributed by atoms with Crippen molar-refractivity contribution in [1.29, 1.82) is 0 Å². The lowest BCUT2D eigenvalue weighted by Gasteiger charge is -2.19. The van der Waals surface area contributed by atoms with Crippen LogP contribution in [0.4, 0.5) is 0 Å². The third-order valence-electron chi connectivity index (χ3n) is 5.17. The van der Waals surface area contributed by atoms with Crippen molar-refractivity contribution in [2.24, 2.45) is 0 Å². The molecule has 1 saturated heterocycles. The number of carbonyl (C=O) groups is 2. The normalized spacial score (nSPS) is 17.5. The Morgan fingerprint density at radius 2 is 2.04 bits per heavy atom. The maximum absolute atomic E-state index is 12.3. The van der Waals surface area contributed by atoms with Crippen LogP contribution in [0.25, 0.3) is 21.7 Å². The molecular formula is C22H24N2O4. The van der Waals surface area contributed by atoms with Crippen molar-refractivity contribution in [3.63, 3.8) is 0 Å². The summed E-state index contributed by atoms with van der Waals surface area (Å²) >= 11 is 0. The summed E-state index contributed by atoms with van der Waals surface area (Å²) < 4.78 is 11.6. The summed E-state index contributed by atoms with van der Waals surface area (Å²) in [4.78, 5) is 25.8. The first-order valence-corrected chi connectivity index (χ1v) is 9.57. The second-order valence-corrected chi connectivity index (χ2v) is 7.56. The number of hydrogen-bond donors (Lipinski definition) is 1. The van der Waals surface area contributed by atoms with Gasteiger partial charge in [-0.3, -0.25) is 14.9 Å². The van der Waals surface area contributed by atoms with Crippen LogP contribution in [-0.2, 0) is 9.59 Å². The Kier molecular flexibility index (Phi) is 5.05. The number of benzene rings is 2. The van der Waals surface area contributed by atoms with E-state index in [1.807, 2.05) is 44.4 Å². The van der Waals surface area contributed by atoms with Gasteiger partial charge in [0, 0.05) is 23.9 Å². The van der Waals surface area contributed by atoms with E-state index in [4.69, 9.17) is 9.15 Å². The van der Waals surface area contributed by atoms with Gasteiger partial charge in [-0.05, 0) is 62.0 Å². The molecule has 1 fully saturated rings. The summed E-state index contributed by atoms with van der Waals surface area (Å²) in [5, 5.41) is 5.42. The van der Waals surface area contributed by atoms with E-state index in [0.717, 1.165) is 46.0 Å². The number of amides is 2. The summed E-state index contributed by atoms with van der Waals surface area (Å²) in [5.41, 5.74) is 1.58. The number of imide groups is 1. The largest absolute Gasteiger partial charge is 0.494 e. The number of carbonyl (C=O) groups excluding carboxylic acids is 2. The fourth-order valence-electron chi connectivity index (χ4n) is 3.69. The Bertz CT molecular complexity index is 1040. The minimum absolute atomic E-state index is 0.212. The zero-order chi connectivity index (χ0) is 19.7. The molecule has 0 spiro atoms. The molecule has 0 aliphatic carbocycles. The molecule has 1 atom stereocenters. The number of nitrogens with zero attached hydrogens (tertiary/aromatic N) is 1. The molecule has 0 bridgehead atoms. The Morgan fingerprint density at radius 3 is 2.82 bits per heavy atom. The molecule has 2 amide bonds. The molecule has 1 aliphatic rings. The van der Waals surface area contributed by atoms with E-state index in [9.17, 15) is 9.59 Å². The maximum atomic E-state index is 12.3. The van der Waals surface area contributed by atoms with Crippen LogP contribution >= 0.6 is 0 Å². The highest BCUT2D eigenvalue weighted by Crippen LogP contribution is 2.35. The van der Waals surface area contributed by atoms with E-state index in [0.29, 0.717) is 19.4 Å². The lowest BCUT2D eigenvalue weighted by atomic mass is 9.90. The van der Waals surface area contributed by atoms with E-state index in [1.54, 1.807) is 6.26 Å². The first-order valence-electron chi connectivity index (χ1n) is 9.57. The van der Waals surface area contributed by atoms with Crippen molar-refractivity contribution >= 4 is 33.6 Å². The second kappa shape index (κ2) is 7.64. The van der Waals surface area contributed by atoms with Gasteiger partial charge in [-0.1, -0.05) is 6.07 Å². The number of fused-ring (bicyclic) bond motifs is 2. The van der Waals surface area contributed by atoms with Crippen LogP contribution in [0, 0.1) is 0 Å². The average molecular weight is 380 g/mol. The standard InChI is InChI=1S/C22H24N2O4/c1-24(2)8-3-9-27-16-5-4-14-12-20-18(11-15(14)10-16)19(13-28-20)17-6-7-21(25)23-22(17)26/h4-5,10-13,17H,3,6-9H2,1-2H3,(H,23,25,26). The number of furan rings is 1. The van der Waals surface area contributed by atoms with Crippen molar-refractivity contribution in [3.05, 3.63) is 42.2 Å². The molecule has 1 unspecified atom stereocenters. The van der Waals surface area contributed by atoms with Crippen molar-refractivity contribution in [1.82, 2.24) is 10.2 Å². The minimum Gasteiger partial charge on any atom is -0.494 e. The molecule has 6 nitrogen and oxygen atoms in total. The van der Waals surface area contributed by atoms with Gasteiger partial charge >= 0.3 is 0 Å². The molecule has 1 aliphatic heterocycles. The van der Waals surface area contributed by atoms with E-state index >= 15 is 0 Å². The fraction of sp³-hybridized carbons (Fsp3) is 0.364. The second-order valence-electron chi connectivity index (χ2n) is 7.56. The third-order valence-corrected chi connectivity index (χ3v) is 5.17. The van der Waals surface area contributed by atoms with Crippen LogP contribution in [0.1, 0.15) is 30.7 Å².